The molecule has 3 rings (SSSR count). The Labute approximate surface area is 211 Å². The summed E-state index contributed by atoms with van der Waals surface area (Å²) in [7, 11) is 0. The number of carbonyl (C=O) groups is 2. The van der Waals surface area contributed by atoms with Gasteiger partial charge in [-0.2, -0.15) is 13.2 Å². The van der Waals surface area contributed by atoms with Gasteiger partial charge < -0.3 is 15.3 Å². The molecule has 2 amide bonds. The van der Waals surface area contributed by atoms with E-state index in [-0.39, 0.29) is 28.7 Å². The number of thioether (sulfide) groups is 2. The number of aliphatic carboxylic acids is 1. The lowest BCUT2D eigenvalue weighted by Crippen LogP contribution is -2.46. The summed E-state index contributed by atoms with van der Waals surface area (Å²) in [4.78, 5) is 27.1. The van der Waals surface area contributed by atoms with Crippen LogP contribution in [-0.2, 0) is 17.6 Å². The van der Waals surface area contributed by atoms with Gasteiger partial charge in [0.2, 0.25) is 0 Å². The normalized spacial score (nSPS) is 16.3. The topological polar surface area (TPSA) is 69.6 Å². The predicted molar refractivity (Wildman–Crippen MR) is 134 cm³/mol. The lowest BCUT2D eigenvalue weighted by atomic mass is 9.87. The van der Waals surface area contributed by atoms with Crippen LogP contribution in [0.3, 0.4) is 0 Å². The minimum atomic E-state index is -4.35. The van der Waals surface area contributed by atoms with Crippen molar-refractivity contribution in [3.05, 3.63) is 53.6 Å². The second-order valence-corrected chi connectivity index (χ2v) is 11.0. The van der Waals surface area contributed by atoms with Gasteiger partial charge in [-0.15, -0.1) is 11.8 Å². The van der Waals surface area contributed by atoms with Crippen molar-refractivity contribution in [2.24, 2.45) is 0 Å². The largest absolute Gasteiger partial charge is 0.480 e. The molecular weight excluding hydrogens is 497 g/mol. The highest BCUT2D eigenvalue weighted by Gasteiger charge is 2.30. The Morgan fingerprint density at radius 1 is 1.14 bits per heavy atom. The van der Waals surface area contributed by atoms with E-state index in [1.165, 1.54) is 41.6 Å². The van der Waals surface area contributed by atoms with Crippen LogP contribution < -0.4 is 5.32 Å². The maximum atomic E-state index is 13.2. The van der Waals surface area contributed by atoms with Crippen LogP contribution in [0.15, 0.2) is 52.3 Å². The quantitative estimate of drug-likeness (QED) is 0.343. The van der Waals surface area contributed by atoms with E-state index in [4.69, 9.17) is 5.11 Å². The smallest absolute Gasteiger partial charge is 0.446 e. The van der Waals surface area contributed by atoms with Crippen LogP contribution in [0.25, 0.3) is 0 Å². The molecule has 2 unspecified atom stereocenters. The van der Waals surface area contributed by atoms with E-state index in [9.17, 15) is 22.8 Å². The molecule has 190 valence electrons. The standard InChI is InChI=1S/C25H29F3N2O3S2/c1-3-4-13-30(24(33)29-19-7-11-21(12-8-19)35-25(26,27)28)20-9-5-18-15-22(10-6-17(18)14-20)34-16(2)23(31)32/h6-8,10-12,15-16,20H,3-5,9,13-14H2,1-2H3,(H,29,33)(H,31,32). The lowest BCUT2D eigenvalue weighted by Gasteiger charge is -2.35. The number of anilines is 1. The third kappa shape index (κ3) is 8.10. The molecule has 0 bridgehead atoms. The predicted octanol–water partition coefficient (Wildman–Crippen LogP) is 7.06. The first-order valence-corrected chi connectivity index (χ1v) is 13.2. The second kappa shape index (κ2) is 12.1. The molecule has 10 heteroatoms. The van der Waals surface area contributed by atoms with Gasteiger partial charge in [-0.25, -0.2) is 4.79 Å². The van der Waals surface area contributed by atoms with Crippen molar-refractivity contribution in [3.63, 3.8) is 0 Å². The number of fused-ring (bicyclic) bond motifs is 1. The number of carbonyl (C=O) groups excluding carboxylic acids is 1. The number of hydrogen-bond acceptors (Lipinski definition) is 4. The number of unbranched alkanes of at least 4 members (excludes halogenated alkanes) is 1. The Kier molecular flexibility index (Phi) is 9.40. The molecule has 1 aliphatic rings. The van der Waals surface area contributed by atoms with Crippen molar-refractivity contribution in [2.75, 3.05) is 11.9 Å². The number of halogens is 3. The van der Waals surface area contributed by atoms with Gasteiger partial charge in [0.05, 0.1) is 0 Å². The number of nitrogens with one attached hydrogen (secondary N) is 1. The van der Waals surface area contributed by atoms with Gasteiger partial charge in [-0.3, -0.25) is 4.79 Å². The number of hydrogen-bond donors (Lipinski definition) is 2. The van der Waals surface area contributed by atoms with Crippen LogP contribution in [-0.4, -0.2) is 45.4 Å². The molecule has 0 saturated heterocycles. The van der Waals surface area contributed by atoms with E-state index < -0.39 is 16.7 Å². The Morgan fingerprint density at radius 3 is 2.46 bits per heavy atom. The molecule has 0 heterocycles. The highest BCUT2D eigenvalue weighted by atomic mass is 32.2. The Morgan fingerprint density at radius 2 is 1.83 bits per heavy atom. The van der Waals surface area contributed by atoms with Gasteiger partial charge in [0.1, 0.15) is 5.25 Å². The minimum Gasteiger partial charge on any atom is -0.480 e. The molecule has 0 spiro atoms. The molecule has 0 aliphatic heterocycles. The summed E-state index contributed by atoms with van der Waals surface area (Å²) in [6, 6.07) is 11.4. The molecule has 5 nitrogen and oxygen atoms in total. The van der Waals surface area contributed by atoms with Crippen LogP contribution in [0.1, 0.15) is 44.2 Å². The van der Waals surface area contributed by atoms with Crippen molar-refractivity contribution in [2.45, 2.75) is 72.5 Å². The van der Waals surface area contributed by atoms with E-state index in [1.807, 2.05) is 23.1 Å². The molecule has 0 aromatic heterocycles. The highest BCUT2D eigenvalue weighted by Crippen LogP contribution is 2.37. The first-order chi connectivity index (χ1) is 16.6. The average Bonchev–Trinajstić information content (AvgIpc) is 2.79. The molecule has 2 aromatic rings. The summed E-state index contributed by atoms with van der Waals surface area (Å²) in [6.45, 7) is 4.31. The first kappa shape index (κ1) is 27.3. The maximum Gasteiger partial charge on any atom is 0.446 e. The monoisotopic (exact) mass is 526 g/mol. The number of urea groups is 1. The summed E-state index contributed by atoms with van der Waals surface area (Å²) in [6.07, 6.45) is 4.05. The molecule has 2 N–H and O–H groups in total. The molecule has 0 radical (unpaired) electrons. The number of alkyl halides is 3. The van der Waals surface area contributed by atoms with E-state index in [0.717, 1.165) is 36.1 Å². The van der Waals surface area contributed by atoms with Crippen molar-refractivity contribution in [3.8, 4) is 0 Å². The van der Waals surface area contributed by atoms with Gasteiger partial charge in [0, 0.05) is 28.1 Å². The fraction of sp³-hybridized carbons (Fsp3) is 0.440. The maximum absolute atomic E-state index is 13.2. The summed E-state index contributed by atoms with van der Waals surface area (Å²) in [5.74, 6) is -0.848. The van der Waals surface area contributed by atoms with Gasteiger partial charge in [-0.05, 0) is 91.9 Å². The fourth-order valence-corrected chi connectivity index (χ4v) is 5.43. The summed E-state index contributed by atoms with van der Waals surface area (Å²) in [5.41, 5.74) is -1.57. The number of benzene rings is 2. The zero-order valence-corrected chi connectivity index (χ0v) is 21.2. The zero-order valence-electron chi connectivity index (χ0n) is 19.6. The zero-order chi connectivity index (χ0) is 25.6. The molecular formula is C25H29F3N2O3S2. The van der Waals surface area contributed by atoms with Crippen molar-refractivity contribution >= 4 is 41.2 Å². The van der Waals surface area contributed by atoms with E-state index in [2.05, 4.69) is 12.2 Å². The third-order valence-electron chi connectivity index (χ3n) is 5.83. The molecule has 2 atom stereocenters. The Balaban J connectivity index is 1.68. The SMILES string of the molecule is CCCCN(C(=O)Nc1ccc(SC(F)(F)F)cc1)C1CCc2cc(SC(C)C(=O)O)ccc2C1. The van der Waals surface area contributed by atoms with Gasteiger partial charge >= 0.3 is 17.5 Å². The van der Waals surface area contributed by atoms with Crippen molar-refractivity contribution < 1.29 is 27.9 Å². The molecule has 2 aromatic carbocycles. The summed E-state index contributed by atoms with van der Waals surface area (Å²) in [5, 5.41) is 11.5. The minimum absolute atomic E-state index is 0.00514. The summed E-state index contributed by atoms with van der Waals surface area (Å²) < 4.78 is 37.7. The molecule has 35 heavy (non-hydrogen) atoms. The lowest BCUT2D eigenvalue weighted by molar-refractivity contribution is -0.136. The number of rotatable bonds is 9. The van der Waals surface area contributed by atoms with Crippen LogP contribution in [0.4, 0.5) is 23.7 Å². The Bertz CT molecular complexity index is 1030. The van der Waals surface area contributed by atoms with Crippen molar-refractivity contribution in [1.29, 1.82) is 0 Å². The number of carboxylic acids is 1. The number of carboxylic acid groups (broad SMARTS) is 1. The first-order valence-electron chi connectivity index (χ1n) is 11.5. The van der Waals surface area contributed by atoms with E-state index in [1.54, 1.807) is 6.92 Å². The van der Waals surface area contributed by atoms with Gasteiger partial charge in [0.25, 0.3) is 0 Å². The second-order valence-electron chi connectivity index (χ2n) is 8.47. The molecule has 0 fully saturated rings. The number of amides is 2. The fourth-order valence-electron chi connectivity index (χ4n) is 4.02. The van der Waals surface area contributed by atoms with Gasteiger partial charge in [-0.1, -0.05) is 19.4 Å². The van der Waals surface area contributed by atoms with Crippen LogP contribution in [0, 0.1) is 0 Å². The van der Waals surface area contributed by atoms with E-state index >= 15 is 0 Å². The summed E-state index contributed by atoms with van der Waals surface area (Å²) >= 11 is 1.13. The van der Waals surface area contributed by atoms with Gasteiger partial charge in [0.15, 0.2) is 0 Å². The average molecular weight is 527 g/mol. The molecule has 1 aliphatic carbocycles. The van der Waals surface area contributed by atoms with Crippen molar-refractivity contribution in [1.82, 2.24) is 4.90 Å². The van der Waals surface area contributed by atoms with E-state index in [0.29, 0.717) is 18.7 Å². The third-order valence-corrected chi connectivity index (χ3v) is 7.65. The van der Waals surface area contributed by atoms with Crippen LogP contribution in [0.2, 0.25) is 0 Å². The number of nitrogens with zero attached hydrogens (tertiary/aromatic N) is 1. The Hall–Kier alpha value is -2.33. The highest BCUT2D eigenvalue weighted by molar-refractivity contribution is 8.00. The molecule has 0 saturated carbocycles. The van der Waals surface area contributed by atoms with Crippen LogP contribution in [0.5, 0.6) is 0 Å². The van der Waals surface area contributed by atoms with Crippen LogP contribution >= 0.6 is 23.5 Å². The number of aryl methyl sites for hydroxylation is 1.